The van der Waals surface area contributed by atoms with Crippen LogP contribution in [-0.4, -0.2) is 35.0 Å². The Kier molecular flexibility index (Phi) is 3.96. The molecule has 0 radical (unpaired) electrons. The van der Waals surface area contributed by atoms with Gasteiger partial charge in [0.2, 0.25) is 0 Å². The zero-order valence-corrected chi connectivity index (χ0v) is 10.7. The fourth-order valence-corrected chi connectivity index (χ4v) is 2.03. The number of nitro groups is 1. The zero-order chi connectivity index (χ0) is 13.8. The maximum Gasteiger partial charge on any atom is 0.323 e. The van der Waals surface area contributed by atoms with Crippen LogP contribution < -0.4 is 10.6 Å². The van der Waals surface area contributed by atoms with Crippen LogP contribution in [0, 0.1) is 10.1 Å². The molecule has 102 valence electrons. The summed E-state index contributed by atoms with van der Waals surface area (Å²) in [7, 11) is 1.51. The molecule has 2 rings (SSSR count). The minimum atomic E-state index is -0.508. The number of nitrogens with one attached hydrogen (secondary N) is 2. The summed E-state index contributed by atoms with van der Waals surface area (Å²) in [5.41, 5.74) is 1.47. The second-order valence-corrected chi connectivity index (χ2v) is 4.39. The highest BCUT2D eigenvalue weighted by molar-refractivity contribution is 5.93. The maximum atomic E-state index is 11.9. The number of carbonyl (C=O) groups is 1. The molecule has 7 heteroatoms. The molecule has 1 aromatic heterocycles. The van der Waals surface area contributed by atoms with Crippen molar-refractivity contribution in [2.75, 3.05) is 19.6 Å². The largest absolute Gasteiger partial charge is 0.358 e. The van der Waals surface area contributed by atoms with Crippen molar-refractivity contribution in [2.24, 2.45) is 7.05 Å². The van der Waals surface area contributed by atoms with Crippen LogP contribution in [0.2, 0.25) is 0 Å². The minimum absolute atomic E-state index is 0.0915. The van der Waals surface area contributed by atoms with Gasteiger partial charge in [0.25, 0.3) is 5.91 Å². The van der Waals surface area contributed by atoms with E-state index in [1.807, 2.05) is 0 Å². The number of carbonyl (C=O) groups excluding carboxylic acids is 1. The Hall–Kier alpha value is -2.15. The van der Waals surface area contributed by atoms with E-state index < -0.39 is 4.92 Å². The molecule has 2 N–H and O–H groups in total. The van der Waals surface area contributed by atoms with Crippen molar-refractivity contribution in [1.29, 1.82) is 0 Å². The average Bonchev–Trinajstić information content (AvgIpc) is 2.79. The first-order chi connectivity index (χ1) is 9.09. The van der Waals surface area contributed by atoms with Crippen molar-refractivity contribution in [3.05, 3.63) is 39.6 Å². The lowest BCUT2D eigenvalue weighted by Crippen LogP contribution is -2.30. The lowest BCUT2D eigenvalue weighted by molar-refractivity contribution is -0.391. The molecule has 1 aromatic rings. The van der Waals surface area contributed by atoms with E-state index in [1.54, 1.807) is 0 Å². The molecule has 0 spiro atoms. The Bertz CT molecular complexity index is 533. The van der Waals surface area contributed by atoms with E-state index in [-0.39, 0.29) is 11.7 Å². The first-order valence-corrected chi connectivity index (χ1v) is 6.06. The number of amides is 1. The van der Waals surface area contributed by atoms with Gasteiger partial charge in [0.1, 0.15) is 0 Å². The molecule has 0 aromatic carbocycles. The van der Waals surface area contributed by atoms with E-state index in [9.17, 15) is 14.9 Å². The predicted octanol–water partition coefficient (Wildman–Crippen LogP) is 0.583. The third kappa shape index (κ3) is 3.00. The smallest absolute Gasteiger partial charge is 0.323 e. The molecule has 7 nitrogen and oxygen atoms in total. The molecule has 1 aliphatic rings. The van der Waals surface area contributed by atoms with Gasteiger partial charge in [0, 0.05) is 19.2 Å². The first kappa shape index (κ1) is 13.3. The second kappa shape index (κ2) is 5.66. The van der Waals surface area contributed by atoms with E-state index in [1.165, 1.54) is 29.3 Å². The number of nitrogens with zero attached hydrogens (tertiary/aromatic N) is 2. The molecular weight excluding hydrogens is 248 g/mol. The SMILES string of the molecule is Cn1c(C(=O)NCC2=CCNCC2)ccc1[N+](=O)[O-]. The minimum Gasteiger partial charge on any atom is -0.358 e. The van der Waals surface area contributed by atoms with Gasteiger partial charge in [0.15, 0.2) is 5.69 Å². The molecule has 1 amide bonds. The highest BCUT2D eigenvalue weighted by atomic mass is 16.6. The van der Waals surface area contributed by atoms with Crippen molar-refractivity contribution in [3.8, 4) is 0 Å². The van der Waals surface area contributed by atoms with E-state index in [0.29, 0.717) is 12.2 Å². The van der Waals surface area contributed by atoms with Crippen LogP contribution in [0.25, 0.3) is 0 Å². The van der Waals surface area contributed by atoms with Crippen LogP contribution in [0.3, 0.4) is 0 Å². The van der Waals surface area contributed by atoms with Gasteiger partial charge < -0.3 is 20.7 Å². The van der Waals surface area contributed by atoms with Crippen LogP contribution in [0.4, 0.5) is 5.82 Å². The molecule has 0 fully saturated rings. The third-order valence-corrected chi connectivity index (χ3v) is 3.15. The third-order valence-electron chi connectivity index (χ3n) is 3.15. The second-order valence-electron chi connectivity index (χ2n) is 4.39. The van der Waals surface area contributed by atoms with Crippen molar-refractivity contribution in [1.82, 2.24) is 15.2 Å². The average molecular weight is 264 g/mol. The van der Waals surface area contributed by atoms with Crippen molar-refractivity contribution >= 4 is 11.7 Å². The fourth-order valence-electron chi connectivity index (χ4n) is 2.03. The Morgan fingerprint density at radius 1 is 1.58 bits per heavy atom. The fraction of sp³-hybridized carbons (Fsp3) is 0.417. The molecule has 19 heavy (non-hydrogen) atoms. The summed E-state index contributed by atoms with van der Waals surface area (Å²) in [6, 6.07) is 2.79. The summed E-state index contributed by atoms with van der Waals surface area (Å²) in [4.78, 5) is 22.1. The number of hydrogen-bond donors (Lipinski definition) is 2. The number of rotatable bonds is 4. The maximum absolute atomic E-state index is 11.9. The van der Waals surface area contributed by atoms with E-state index in [4.69, 9.17) is 0 Å². The van der Waals surface area contributed by atoms with Gasteiger partial charge in [-0.3, -0.25) is 4.79 Å². The summed E-state index contributed by atoms with van der Waals surface area (Å²) >= 11 is 0. The van der Waals surface area contributed by atoms with Crippen LogP contribution in [0.5, 0.6) is 0 Å². The van der Waals surface area contributed by atoms with Gasteiger partial charge in [0.05, 0.1) is 7.05 Å². The van der Waals surface area contributed by atoms with Gasteiger partial charge in [-0.25, -0.2) is 4.57 Å². The highest BCUT2D eigenvalue weighted by Crippen LogP contribution is 2.15. The van der Waals surface area contributed by atoms with Gasteiger partial charge >= 0.3 is 5.82 Å². The lowest BCUT2D eigenvalue weighted by atomic mass is 10.1. The molecule has 0 atom stereocenters. The van der Waals surface area contributed by atoms with Crippen molar-refractivity contribution in [3.63, 3.8) is 0 Å². The summed E-state index contributed by atoms with van der Waals surface area (Å²) < 4.78 is 1.28. The normalized spacial score (nSPS) is 14.9. The Balaban J connectivity index is 2.00. The van der Waals surface area contributed by atoms with Crippen LogP contribution in [0.15, 0.2) is 23.8 Å². The summed E-state index contributed by atoms with van der Waals surface area (Å²) in [6.07, 6.45) is 2.96. The zero-order valence-electron chi connectivity index (χ0n) is 10.7. The Morgan fingerprint density at radius 2 is 2.37 bits per heavy atom. The quantitative estimate of drug-likeness (QED) is 0.473. The predicted molar refractivity (Wildman–Crippen MR) is 70.0 cm³/mol. The Morgan fingerprint density at radius 3 is 2.95 bits per heavy atom. The summed E-state index contributed by atoms with van der Waals surface area (Å²) in [5.74, 6) is -0.388. The Labute approximate surface area is 110 Å². The molecule has 2 heterocycles. The van der Waals surface area contributed by atoms with Gasteiger partial charge in [-0.2, -0.15) is 0 Å². The topological polar surface area (TPSA) is 89.2 Å². The van der Waals surface area contributed by atoms with E-state index in [2.05, 4.69) is 16.7 Å². The van der Waals surface area contributed by atoms with Crippen molar-refractivity contribution in [2.45, 2.75) is 6.42 Å². The molecule has 0 bridgehead atoms. The van der Waals surface area contributed by atoms with Gasteiger partial charge in [-0.05, 0) is 24.0 Å². The molecule has 0 saturated carbocycles. The molecule has 1 aliphatic heterocycles. The van der Waals surface area contributed by atoms with Gasteiger partial charge in [-0.1, -0.05) is 11.6 Å². The molecule has 0 saturated heterocycles. The standard InChI is InChI=1S/C12H16N4O3/c1-15-10(2-3-11(15)16(18)19)12(17)14-8-9-4-6-13-7-5-9/h2-4,13H,5-8H2,1H3,(H,14,17). The molecule has 0 aliphatic carbocycles. The molecule has 0 unspecified atom stereocenters. The van der Waals surface area contributed by atoms with Gasteiger partial charge in [-0.15, -0.1) is 0 Å². The van der Waals surface area contributed by atoms with Crippen LogP contribution in [-0.2, 0) is 7.05 Å². The lowest BCUT2D eigenvalue weighted by Gasteiger charge is -2.14. The number of aromatic nitrogens is 1. The van der Waals surface area contributed by atoms with Crippen molar-refractivity contribution < 1.29 is 9.72 Å². The van der Waals surface area contributed by atoms with Crippen LogP contribution >= 0.6 is 0 Å². The highest BCUT2D eigenvalue weighted by Gasteiger charge is 2.20. The summed E-state index contributed by atoms with van der Waals surface area (Å²) in [6.45, 7) is 2.22. The van der Waals surface area contributed by atoms with E-state index in [0.717, 1.165) is 19.5 Å². The monoisotopic (exact) mass is 264 g/mol. The first-order valence-electron chi connectivity index (χ1n) is 6.06. The van der Waals surface area contributed by atoms with Crippen LogP contribution in [0.1, 0.15) is 16.9 Å². The molecular formula is C12H16N4O3. The number of hydrogen-bond acceptors (Lipinski definition) is 4. The van der Waals surface area contributed by atoms with E-state index >= 15 is 0 Å². The summed E-state index contributed by atoms with van der Waals surface area (Å²) in [5, 5.41) is 16.7.